The Hall–Kier alpha value is -3.04. The molecule has 7 nitrogen and oxygen atoms in total. The maximum absolute atomic E-state index is 13.4. The molecule has 2 fully saturated rings. The van der Waals surface area contributed by atoms with E-state index in [0.717, 1.165) is 30.6 Å². The smallest absolute Gasteiger partial charge is 0.366 e. The number of fused-ring (bicyclic) bond motifs is 4. The molecule has 0 radical (unpaired) electrons. The highest BCUT2D eigenvalue weighted by molar-refractivity contribution is 6.04. The van der Waals surface area contributed by atoms with Gasteiger partial charge in [-0.15, -0.1) is 0 Å². The minimum atomic E-state index is -4.22. The van der Waals surface area contributed by atoms with E-state index in [0.29, 0.717) is 36.8 Å². The van der Waals surface area contributed by atoms with Crippen molar-refractivity contribution in [1.29, 1.82) is 0 Å². The highest BCUT2D eigenvalue weighted by atomic mass is 19.4. The molecule has 1 N–H and O–H groups in total. The molecule has 5 heterocycles. The van der Waals surface area contributed by atoms with Crippen LogP contribution in [0, 0.1) is 12.8 Å². The summed E-state index contributed by atoms with van der Waals surface area (Å²) in [7, 11) is 0. The Labute approximate surface area is 190 Å². The number of urea groups is 1. The maximum Gasteiger partial charge on any atom is 0.393 e. The number of anilines is 4. The van der Waals surface area contributed by atoms with E-state index in [1.807, 2.05) is 19.1 Å². The van der Waals surface area contributed by atoms with Gasteiger partial charge in [-0.2, -0.15) is 13.2 Å². The van der Waals surface area contributed by atoms with Gasteiger partial charge in [-0.3, -0.25) is 9.88 Å². The Morgan fingerprint density at radius 1 is 1.09 bits per heavy atom. The third-order valence-corrected chi connectivity index (χ3v) is 6.72. The summed E-state index contributed by atoms with van der Waals surface area (Å²) >= 11 is 0. The van der Waals surface area contributed by atoms with Crippen LogP contribution in [-0.4, -0.2) is 54.4 Å². The molecule has 3 aliphatic heterocycles. The molecule has 0 saturated carbocycles. The lowest BCUT2D eigenvalue weighted by Crippen LogP contribution is -2.56. The molecular formula is C23H27F3N6O. The lowest BCUT2D eigenvalue weighted by molar-refractivity contribution is -0.176. The summed E-state index contributed by atoms with van der Waals surface area (Å²) in [6.45, 7) is 3.91. The molecule has 0 aromatic carbocycles. The van der Waals surface area contributed by atoms with Gasteiger partial charge in [-0.05, 0) is 56.4 Å². The highest BCUT2D eigenvalue weighted by Gasteiger charge is 2.43. The van der Waals surface area contributed by atoms with Crippen LogP contribution in [0.2, 0.25) is 0 Å². The molecule has 0 spiro atoms. The topological polar surface area (TPSA) is 64.6 Å². The predicted octanol–water partition coefficient (Wildman–Crippen LogP) is 4.58. The van der Waals surface area contributed by atoms with Crippen LogP contribution in [0.5, 0.6) is 0 Å². The largest absolute Gasteiger partial charge is 0.393 e. The fourth-order valence-corrected chi connectivity index (χ4v) is 5.11. The lowest BCUT2D eigenvalue weighted by Gasteiger charge is -2.46. The van der Waals surface area contributed by atoms with E-state index in [9.17, 15) is 18.0 Å². The summed E-state index contributed by atoms with van der Waals surface area (Å²) in [6, 6.07) is 5.18. The number of carbonyl (C=O) groups is 1. The average Bonchev–Trinajstić information content (AvgIpc) is 2.78. The Bertz CT molecular complexity index is 1050. The molecule has 33 heavy (non-hydrogen) atoms. The summed E-state index contributed by atoms with van der Waals surface area (Å²) < 4.78 is 40.0. The van der Waals surface area contributed by atoms with Crippen molar-refractivity contribution in [1.82, 2.24) is 9.97 Å². The minimum Gasteiger partial charge on any atom is -0.366 e. The van der Waals surface area contributed by atoms with Crippen LogP contribution in [0.1, 0.15) is 31.2 Å². The van der Waals surface area contributed by atoms with Gasteiger partial charge in [0.15, 0.2) is 5.82 Å². The summed E-state index contributed by atoms with van der Waals surface area (Å²) in [5.41, 5.74) is 2.37. The number of hydrogen-bond donors (Lipinski definition) is 1. The van der Waals surface area contributed by atoms with Crippen LogP contribution in [0.4, 0.5) is 41.0 Å². The second-order valence-corrected chi connectivity index (χ2v) is 9.13. The quantitative estimate of drug-likeness (QED) is 0.711. The van der Waals surface area contributed by atoms with E-state index in [-0.39, 0.29) is 25.0 Å². The molecule has 10 heteroatoms. The number of hydrogen-bond acceptors (Lipinski definition) is 5. The highest BCUT2D eigenvalue weighted by Crippen LogP contribution is 2.41. The van der Waals surface area contributed by atoms with E-state index in [4.69, 9.17) is 4.98 Å². The summed E-state index contributed by atoms with van der Waals surface area (Å²) in [5, 5.41) is 2.93. The van der Waals surface area contributed by atoms with Gasteiger partial charge in [0, 0.05) is 32.4 Å². The molecule has 5 rings (SSSR count). The molecule has 2 aromatic rings. The van der Waals surface area contributed by atoms with Crippen molar-refractivity contribution < 1.29 is 18.0 Å². The number of halogens is 3. The van der Waals surface area contributed by atoms with Crippen LogP contribution >= 0.6 is 0 Å². The summed E-state index contributed by atoms with van der Waals surface area (Å²) in [5.74, 6) is -0.366. The normalized spacial score (nSPS) is 22.7. The molecule has 2 saturated heterocycles. The Morgan fingerprint density at radius 2 is 1.88 bits per heavy atom. The van der Waals surface area contributed by atoms with Gasteiger partial charge in [-0.25, -0.2) is 9.78 Å². The number of aryl methyl sites for hydroxylation is 1. The monoisotopic (exact) mass is 460 g/mol. The van der Waals surface area contributed by atoms with Gasteiger partial charge in [0.1, 0.15) is 5.82 Å². The van der Waals surface area contributed by atoms with Gasteiger partial charge in [0.25, 0.3) is 0 Å². The van der Waals surface area contributed by atoms with Crippen molar-refractivity contribution in [3.63, 3.8) is 0 Å². The standard InChI is InChI=1S/C23H27F3N6O/c1-15-10-17(12-27-11-15)28-22(33)32-18-5-3-8-30(14-18)19-6-7-20(29-21(19)32)31-9-2-4-16(13-31)23(24,25)26/h6-7,10-12,16,18H,2-5,8-9,13-14H2,1H3,(H,28,33). The first-order valence-electron chi connectivity index (χ1n) is 11.4. The van der Waals surface area contributed by atoms with E-state index in [1.165, 1.54) is 0 Å². The van der Waals surface area contributed by atoms with Crippen LogP contribution in [0.15, 0.2) is 30.6 Å². The number of piperidine rings is 2. The van der Waals surface area contributed by atoms with Crippen molar-refractivity contribution in [3.8, 4) is 0 Å². The van der Waals surface area contributed by atoms with Crippen LogP contribution < -0.4 is 20.0 Å². The number of alkyl halides is 3. The zero-order chi connectivity index (χ0) is 23.2. The lowest BCUT2D eigenvalue weighted by atomic mass is 9.97. The Balaban J connectivity index is 1.46. The number of pyridine rings is 2. The van der Waals surface area contributed by atoms with Crippen molar-refractivity contribution in [2.75, 3.05) is 46.2 Å². The van der Waals surface area contributed by atoms with E-state index in [1.54, 1.807) is 28.3 Å². The molecule has 176 valence electrons. The molecule has 2 unspecified atom stereocenters. The fourth-order valence-electron chi connectivity index (χ4n) is 5.11. The Kier molecular flexibility index (Phi) is 5.54. The minimum absolute atomic E-state index is 0.0453. The second-order valence-electron chi connectivity index (χ2n) is 9.13. The third kappa shape index (κ3) is 4.30. The first-order valence-corrected chi connectivity index (χ1v) is 11.4. The van der Waals surface area contributed by atoms with Crippen LogP contribution in [0.25, 0.3) is 0 Å². The first kappa shape index (κ1) is 21.8. The van der Waals surface area contributed by atoms with Crippen molar-refractivity contribution in [3.05, 3.63) is 36.2 Å². The summed E-state index contributed by atoms with van der Waals surface area (Å²) in [6.07, 6.45) is 1.50. The number of nitrogens with zero attached hydrogens (tertiary/aromatic N) is 5. The van der Waals surface area contributed by atoms with Crippen molar-refractivity contribution in [2.45, 2.75) is 44.8 Å². The SMILES string of the molecule is Cc1cncc(NC(=O)N2c3nc(N4CCCC(C(F)(F)F)C4)ccc3N3CCCC2C3)c1. The molecule has 2 aromatic heterocycles. The first-order chi connectivity index (χ1) is 15.8. The fraction of sp³-hybridized carbons (Fsp3) is 0.522. The van der Waals surface area contributed by atoms with Gasteiger partial charge in [-0.1, -0.05) is 0 Å². The molecule has 3 aliphatic rings. The van der Waals surface area contributed by atoms with E-state index < -0.39 is 12.1 Å². The maximum atomic E-state index is 13.4. The second kappa shape index (κ2) is 8.39. The Morgan fingerprint density at radius 3 is 2.67 bits per heavy atom. The zero-order valence-electron chi connectivity index (χ0n) is 18.5. The molecule has 2 atom stereocenters. The predicted molar refractivity (Wildman–Crippen MR) is 121 cm³/mol. The van der Waals surface area contributed by atoms with E-state index in [2.05, 4.69) is 15.2 Å². The number of nitrogens with one attached hydrogen (secondary N) is 1. The molecule has 2 amide bonds. The number of aromatic nitrogens is 2. The third-order valence-electron chi connectivity index (χ3n) is 6.72. The van der Waals surface area contributed by atoms with E-state index >= 15 is 0 Å². The van der Waals surface area contributed by atoms with Gasteiger partial charge >= 0.3 is 12.2 Å². The number of rotatable bonds is 2. The molecule has 0 aliphatic carbocycles. The summed E-state index contributed by atoms with van der Waals surface area (Å²) in [4.78, 5) is 27.9. The number of amides is 2. The molecule has 2 bridgehead atoms. The van der Waals surface area contributed by atoms with Crippen LogP contribution in [0.3, 0.4) is 0 Å². The van der Waals surface area contributed by atoms with Crippen molar-refractivity contribution in [2.24, 2.45) is 5.92 Å². The zero-order valence-corrected chi connectivity index (χ0v) is 18.5. The van der Waals surface area contributed by atoms with Gasteiger partial charge < -0.3 is 15.1 Å². The van der Waals surface area contributed by atoms with Crippen molar-refractivity contribution >= 4 is 29.0 Å². The average molecular weight is 461 g/mol. The number of carbonyl (C=O) groups excluding carboxylic acids is 1. The van der Waals surface area contributed by atoms with Gasteiger partial charge in [0.2, 0.25) is 0 Å². The molecular weight excluding hydrogens is 433 g/mol. The van der Waals surface area contributed by atoms with Crippen LogP contribution in [-0.2, 0) is 0 Å². The van der Waals surface area contributed by atoms with Gasteiger partial charge in [0.05, 0.1) is 29.5 Å².